The fourth-order valence-electron chi connectivity index (χ4n) is 1.86. The zero-order valence-corrected chi connectivity index (χ0v) is 7.81. The Labute approximate surface area is 80.7 Å². The van der Waals surface area contributed by atoms with Crippen LogP contribution in [-0.2, 0) is 10.2 Å². The molecular formula is C11H10F2O. The lowest BCUT2D eigenvalue weighted by Crippen LogP contribution is -2.20. The van der Waals surface area contributed by atoms with E-state index in [1.807, 2.05) is 0 Å². The van der Waals surface area contributed by atoms with Crippen LogP contribution in [0.25, 0.3) is 0 Å². The molecule has 0 spiro atoms. The first-order valence-electron chi connectivity index (χ1n) is 4.53. The summed E-state index contributed by atoms with van der Waals surface area (Å²) >= 11 is 0. The van der Waals surface area contributed by atoms with Gasteiger partial charge < -0.3 is 0 Å². The van der Waals surface area contributed by atoms with Gasteiger partial charge in [0.1, 0.15) is 17.4 Å². The molecule has 0 amide bonds. The van der Waals surface area contributed by atoms with Gasteiger partial charge >= 0.3 is 0 Å². The van der Waals surface area contributed by atoms with Crippen LogP contribution < -0.4 is 0 Å². The minimum absolute atomic E-state index is 0.0486. The maximum absolute atomic E-state index is 13.4. The number of hydrogen-bond acceptors (Lipinski definition) is 1. The Bertz CT molecular complexity index is 374. The molecule has 0 aromatic heterocycles. The zero-order chi connectivity index (χ0) is 10.3. The van der Waals surface area contributed by atoms with Crippen LogP contribution in [0.5, 0.6) is 0 Å². The van der Waals surface area contributed by atoms with Gasteiger partial charge in [0.2, 0.25) is 0 Å². The summed E-state index contributed by atoms with van der Waals surface area (Å²) in [5.41, 5.74) is -0.914. The summed E-state index contributed by atoms with van der Waals surface area (Å²) in [4.78, 5) is 11.3. The lowest BCUT2D eigenvalue weighted by atomic mass is 9.91. The Hall–Kier alpha value is -1.25. The molecule has 74 valence electrons. The van der Waals surface area contributed by atoms with Gasteiger partial charge in [-0.2, -0.15) is 0 Å². The quantitative estimate of drug-likeness (QED) is 0.710. The highest BCUT2D eigenvalue weighted by atomic mass is 19.1. The predicted molar refractivity (Wildman–Crippen MR) is 48.0 cm³/mol. The summed E-state index contributed by atoms with van der Waals surface area (Å²) in [5, 5.41) is 0. The number of carbonyl (C=O) groups excluding carboxylic acids is 1. The average molecular weight is 196 g/mol. The van der Waals surface area contributed by atoms with Crippen LogP contribution in [0.4, 0.5) is 8.78 Å². The number of rotatable bonds is 2. The molecule has 0 atom stereocenters. The Kier molecular flexibility index (Phi) is 1.91. The van der Waals surface area contributed by atoms with E-state index < -0.39 is 17.0 Å². The Morgan fingerprint density at radius 2 is 1.79 bits per heavy atom. The van der Waals surface area contributed by atoms with Gasteiger partial charge in [-0.05, 0) is 31.9 Å². The molecule has 1 saturated carbocycles. The van der Waals surface area contributed by atoms with Gasteiger partial charge in [0, 0.05) is 5.56 Å². The third-order valence-corrected chi connectivity index (χ3v) is 2.87. The first kappa shape index (κ1) is 9.31. The molecule has 0 N–H and O–H groups in total. The molecule has 0 unspecified atom stereocenters. The zero-order valence-electron chi connectivity index (χ0n) is 7.81. The van der Waals surface area contributed by atoms with Gasteiger partial charge in [0.25, 0.3) is 0 Å². The van der Waals surface area contributed by atoms with Crippen LogP contribution >= 0.6 is 0 Å². The fourth-order valence-corrected chi connectivity index (χ4v) is 1.86. The molecule has 1 nitrogen and oxygen atoms in total. The number of halogens is 2. The Morgan fingerprint density at radius 1 is 1.29 bits per heavy atom. The van der Waals surface area contributed by atoms with E-state index in [-0.39, 0.29) is 11.3 Å². The second-order valence-electron chi connectivity index (χ2n) is 3.73. The van der Waals surface area contributed by atoms with Gasteiger partial charge in [-0.15, -0.1) is 0 Å². The van der Waals surface area contributed by atoms with Crippen LogP contribution in [0.1, 0.15) is 25.3 Å². The minimum Gasteiger partial charge on any atom is -0.299 e. The molecule has 0 heterocycles. The molecule has 1 fully saturated rings. The van der Waals surface area contributed by atoms with Crippen molar-refractivity contribution in [1.29, 1.82) is 0 Å². The van der Waals surface area contributed by atoms with Crippen molar-refractivity contribution < 1.29 is 13.6 Å². The normalized spacial score (nSPS) is 17.9. The van der Waals surface area contributed by atoms with Gasteiger partial charge in [0.05, 0.1) is 5.41 Å². The number of ketones is 1. The number of carbonyl (C=O) groups is 1. The number of Topliss-reactive ketones (excluding diaryl/α,β-unsaturated/α-hetero) is 1. The fraction of sp³-hybridized carbons (Fsp3) is 0.364. The molecule has 2 rings (SSSR count). The van der Waals surface area contributed by atoms with Crippen molar-refractivity contribution in [2.45, 2.75) is 25.2 Å². The molecule has 0 aliphatic heterocycles. The van der Waals surface area contributed by atoms with E-state index in [0.717, 1.165) is 0 Å². The molecule has 0 bridgehead atoms. The topological polar surface area (TPSA) is 17.1 Å². The third-order valence-electron chi connectivity index (χ3n) is 2.87. The molecule has 1 aromatic carbocycles. The van der Waals surface area contributed by atoms with Crippen molar-refractivity contribution in [1.82, 2.24) is 0 Å². The van der Waals surface area contributed by atoms with E-state index in [4.69, 9.17) is 0 Å². The highest BCUT2D eigenvalue weighted by molar-refractivity contribution is 5.91. The first-order chi connectivity index (χ1) is 6.58. The lowest BCUT2D eigenvalue weighted by Gasteiger charge is -2.13. The summed E-state index contributed by atoms with van der Waals surface area (Å²) in [7, 11) is 0. The second-order valence-corrected chi connectivity index (χ2v) is 3.73. The average Bonchev–Trinajstić information content (AvgIpc) is 2.85. The van der Waals surface area contributed by atoms with E-state index >= 15 is 0 Å². The molecule has 0 radical (unpaired) electrons. The van der Waals surface area contributed by atoms with Crippen LogP contribution in [0.3, 0.4) is 0 Å². The SMILES string of the molecule is CC(=O)C1(c2c(F)cccc2F)CC1. The van der Waals surface area contributed by atoms with Crippen LogP contribution in [0.15, 0.2) is 18.2 Å². The summed E-state index contributed by atoms with van der Waals surface area (Å²) in [6.45, 7) is 1.39. The Balaban J connectivity index is 2.56. The Morgan fingerprint density at radius 3 is 2.14 bits per heavy atom. The summed E-state index contributed by atoms with van der Waals surface area (Å²) in [5.74, 6) is -1.38. The van der Waals surface area contributed by atoms with E-state index in [2.05, 4.69) is 0 Å². The smallest absolute Gasteiger partial charge is 0.140 e. The molecule has 1 aromatic rings. The van der Waals surface area contributed by atoms with Crippen molar-refractivity contribution in [3.05, 3.63) is 35.4 Å². The van der Waals surface area contributed by atoms with Crippen LogP contribution in [0, 0.1) is 11.6 Å². The molecule has 3 heteroatoms. The monoisotopic (exact) mass is 196 g/mol. The van der Waals surface area contributed by atoms with Crippen molar-refractivity contribution in [3.8, 4) is 0 Å². The van der Waals surface area contributed by atoms with Crippen molar-refractivity contribution in [3.63, 3.8) is 0 Å². The molecule has 14 heavy (non-hydrogen) atoms. The maximum Gasteiger partial charge on any atom is 0.140 e. The molecular weight excluding hydrogens is 186 g/mol. The maximum atomic E-state index is 13.4. The molecule has 1 aliphatic carbocycles. The molecule has 1 aliphatic rings. The van der Waals surface area contributed by atoms with Crippen molar-refractivity contribution in [2.24, 2.45) is 0 Å². The summed E-state index contributed by atoms with van der Waals surface area (Å²) in [6.07, 6.45) is 1.11. The van der Waals surface area contributed by atoms with Crippen LogP contribution in [0.2, 0.25) is 0 Å². The number of hydrogen-bond donors (Lipinski definition) is 0. The van der Waals surface area contributed by atoms with Crippen molar-refractivity contribution in [2.75, 3.05) is 0 Å². The van der Waals surface area contributed by atoms with Gasteiger partial charge in [-0.1, -0.05) is 6.07 Å². The second kappa shape index (κ2) is 2.87. The van der Waals surface area contributed by atoms with Gasteiger partial charge in [-0.25, -0.2) is 8.78 Å². The lowest BCUT2D eigenvalue weighted by molar-refractivity contribution is -0.119. The molecule has 0 saturated heterocycles. The standard InChI is InChI=1S/C11H10F2O/c1-7(14)11(5-6-11)10-8(12)3-2-4-9(10)13/h2-4H,5-6H2,1H3. The van der Waals surface area contributed by atoms with Crippen LogP contribution in [-0.4, -0.2) is 5.78 Å². The van der Waals surface area contributed by atoms with E-state index in [9.17, 15) is 13.6 Å². The van der Waals surface area contributed by atoms with E-state index in [1.165, 1.54) is 25.1 Å². The van der Waals surface area contributed by atoms with Gasteiger partial charge in [-0.3, -0.25) is 4.79 Å². The highest BCUT2D eigenvalue weighted by Gasteiger charge is 2.51. The third kappa shape index (κ3) is 1.15. The van der Waals surface area contributed by atoms with Gasteiger partial charge in [0.15, 0.2) is 0 Å². The van der Waals surface area contributed by atoms with Crippen molar-refractivity contribution >= 4 is 5.78 Å². The predicted octanol–water partition coefficient (Wildman–Crippen LogP) is 2.59. The van der Waals surface area contributed by atoms with E-state index in [1.54, 1.807) is 0 Å². The summed E-state index contributed by atoms with van der Waals surface area (Å²) < 4.78 is 26.7. The largest absolute Gasteiger partial charge is 0.299 e. The first-order valence-corrected chi connectivity index (χ1v) is 4.53. The summed E-state index contributed by atoms with van der Waals surface area (Å²) in [6, 6.07) is 3.70. The minimum atomic E-state index is -0.866. The number of benzene rings is 1. The highest BCUT2D eigenvalue weighted by Crippen LogP contribution is 2.50. The van der Waals surface area contributed by atoms with E-state index in [0.29, 0.717) is 12.8 Å².